The summed E-state index contributed by atoms with van der Waals surface area (Å²) < 4.78 is 0. The highest BCUT2D eigenvalue weighted by atomic mass is 32.1. The highest BCUT2D eigenvalue weighted by molar-refractivity contribution is 7.16. The number of hydrogen-bond acceptors (Lipinski definition) is 3. The normalized spacial score (nSPS) is 15.4. The van der Waals surface area contributed by atoms with Crippen molar-refractivity contribution in [1.29, 1.82) is 0 Å². The molecular formula is C15H22N2O2S. The second-order valence-electron chi connectivity index (χ2n) is 5.41. The summed E-state index contributed by atoms with van der Waals surface area (Å²) in [6, 6.07) is 1.78. The van der Waals surface area contributed by atoms with E-state index < -0.39 is 5.91 Å². The van der Waals surface area contributed by atoms with E-state index in [2.05, 4.69) is 5.32 Å². The Morgan fingerprint density at radius 2 is 2.10 bits per heavy atom. The van der Waals surface area contributed by atoms with Crippen LogP contribution < -0.4 is 11.1 Å². The molecule has 5 heteroatoms. The summed E-state index contributed by atoms with van der Waals surface area (Å²) in [5.41, 5.74) is 5.78. The molecule has 0 aliphatic heterocycles. The Morgan fingerprint density at radius 1 is 1.40 bits per heavy atom. The second kappa shape index (κ2) is 6.88. The van der Waals surface area contributed by atoms with E-state index in [1.54, 1.807) is 6.07 Å². The Balaban J connectivity index is 1.92. The minimum atomic E-state index is -0.480. The molecule has 1 aliphatic carbocycles. The van der Waals surface area contributed by atoms with Crippen molar-refractivity contribution in [2.24, 2.45) is 11.7 Å². The number of aryl methyl sites for hydroxylation is 1. The minimum Gasteiger partial charge on any atom is -0.366 e. The van der Waals surface area contributed by atoms with Crippen LogP contribution in [0.1, 0.15) is 60.7 Å². The van der Waals surface area contributed by atoms with Gasteiger partial charge < -0.3 is 11.1 Å². The predicted octanol–water partition coefficient (Wildman–Crippen LogP) is 3.32. The first kappa shape index (κ1) is 15.0. The Bertz CT molecular complexity index is 490. The third-order valence-electron chi connectivity index (χ3n) is 3.90. The van der Waals surface area contributed by atoms with Crippen LogP contribution in [-0.4, -0.2) is 11.8 Å². The first-order valence-corrected chi connectivity index (χ1v) is 8.14. The maximum atomic E-state index is 12.0. The summed E-state index contributed by atoms with van der Waals surface area (Å²) >= 11 is 1.44. The van der Waals surface area contributed by atoms with E-state index in [0.29, 0.717) is 22.9 Å². The van der Waals surface area contributed by atoms with Gasteiger partial charge in [-0.25, -0.2) is 0 Å². The Kier molecular flexibility index (Phi) is 5.17. The maximum absolute atomic E-state index is 12.0. The number of hydrogen-bond donors (Lipinski definition) is 2. The topological polar surface area (TPSA) is 72.2 Å². The molecule has 0 unspecified atom stereocenters. The molecule has 20 heavy (non-hydrogen) atoms. The number of nitrogens with two attached hydrogens (primary N) is 1. The minimum absolute atomic E-state index is 0.0103. The fourth-order valence-corrected chi connectivity index (χ4v) is 3.73. The fraction of sp³-hybridized carbons (Fsp3) is 0.600. The molecule has 3 N–H and O–H groups in total. The number of primary amides is 1. The van der Waals surface area contributed by atoms with Gasteiger partial charge >= 0.3 is 0 Å². The van der Waals surface area contributed by atoms with E-state index in [0.717, 1.165) is 17.7 Å². The maximum Gasteiger partial charge on any atom is 0.251 e. The summed E-state index contributed by atoms with van der Waals surface area (Å²) in [6.07, 6.45) is 7.40. The molecule has 1 aromatic rings. The van der Waals surface area contributed by atoms with Crippen molar-refractivity contribution < 1.29 is 9.59 Å². The lowest BCUT2D eigenvalue weighted by molar-refractivity contribution is -0.116. The molecule has 1 aliphatic rings. The van der Waals surface area contributed by atoms with Crippen molar-refractivity contribution in [2.75, 3.05) is 5.32 Å². The van der Waals surface area contributed by atoms with Gasteiger partial charge in [-0.3, -0.25) is 9.59 Å². The van der Waals surface area contributed by atoms with Crippen LogP contribution in [0.4, 0.5) is 5.00 Å². The summed E-state index contributed by atoms with van der Waals surface area (Å²) in [5, 5.41) is 3.45. The lowest BCUT2D eigenvalue weighted by atomic mass is 10.0. The van der Waals surface area contributed by atoms with E-state index in [1.165, 1.54) is 37.0 Å². The van der Waals surface area contributed by atoms with Crippen LogP contribution in [0.5, 0.6) is 0 Å². The largest absolute Gasteiger partial charge is 0.366 e. The molecule has 0 aromatic carbocycles. The van der Waals surface area contributed by atoms with Gasteiger partial charge in [-0.15, -0.1) is 11.3 Å². The summed E-state index contributed by atoms with van der Waals surface area (Å²) in [6.45, 7) is 2.02. The Labute approximate surface area is 123 Å². The van der Waals surface area contributed by atoms with E-state index in [4.69, 9.17) is 5.73 Å². The van der Waals surface area contributed by atoms with Gasteiger partial charge in [0.05, 0.1) is 5.56 Å². The van der Waals surface area contributed by atoms with Gasteiger partial charge in [-0.1, -0.05) is 32.6 Å². The van der Waals surface area contributed by atoms with E-state index >= 15 is 0 Å². The molecule has 2 amide bonds. The zero-order chi connectivity index (χ0) is 14.5. The molecule has 1 aromatic heterocycles. The molecule has 0 bridgehead atoms. The van der Waals surface area contributed by atoms with Crippen molar-refractivity contribution in [3.8, 4) is 0 Å². The molecule has 2 rings (SSSR count). The smallest absolute Gasteiger partial charge is 0.251 e. The molecule has 110 valence electrons. The predicted molar refractivity (Wildman–Crippen MR) is 82.0 cm³/mol. The number of carbonyl (C=O) groups excluding carboxylic acids is 2. The third-order valence-corrected chi connectivity index (χ3v) is 5.10. The van der Waals surface area contributed by atoms with Crippen LogP contribution in [0, 0.1) is 5.92 Å². The first-order valence-electron chi connectivity index (χ1n) is 7.32. The van der Waals surface area contributed by atoms with Gasteiger partial charge in [0, 0.05) is 11.3 Å². The number of thiophene rings is 1. The zero-order valence-electron chi connectivity index (χ0n) is 11.9. The van der Waals surface area contributed by atoms with Crippen LogP contribution in [0.25, 0.3) is 0 Å². The molecule has 0 atom stereocenters. The van der Waals surface area contributed by atoms with E-state index in [9.17, 15) is 9.59 Å². The van der Waals surface area contributed by atoms with Gasteiger partial charge in [-0.05, 0) is 24.8 Å². The first-order chi connectivity index (χ1) is 9.60. The van der Waals surface area contributed by atoms with Crippen molar-refractivity contribution >= 4 is 28.2 Å². The van der Waals surface area contributed by atoms with Crippen LogP contribution in [0.15, 0.2) is 6.07 Å². The quantitative estimate of drug-likeness (QED) is 0.844. The van der Waals surface area contributed by atoms with Crippen LogP contribution in [0.3, 0.4) is 0 Å². The van der Waals surface area contributed by atoms with Crippen molar-refractivity contribution in [3.05, 3.63) is 16.5 Å². The molecular weight excluding hydrogens is 272 g/mol. The third kappa shape index (κ3) is 3.82. The number of nitrogens with one attached hydrogen (secondary N) is 1. The van der Waals surface area contributed by atoms with E-state index in [-0.39, 0.29) is 5.91 Å². The number of rotatable bonds is 6. The average Bonchev–Trinajstić information content (AvgIpc) is 3.05. The van der Waals surface area contributed by atoms with Crippen molar-refractivity contribution in [1.82, 2.24) is 0 Å². The van der Waals surface area contributed by atoms with E-state index in [1.807, 2.05) is 6.92 Å². The lowest BCUT2D eigenvalue weighted by Crippen LogP contribution is -2.16. The fourth-order valence-electron chi connectivity index (χ4n) is 2.72. The SMILES string of the molecule is CCc1cc(C(N)=O)c(NC(=O)CCC2CCCC2)s1. The molecule has 0 radical (unpaired) electrons. The van der Waals surface area contributed by atoms with Gasteiger partial charge in [0.15, 0.2) is 0 Å². The summed E-state index contributed by atoms with van der Waals surface area (Å²) in [7, 11) is 0. The number of anilines is 1. The van der Waals surface area contributed by atoms with Crippen molar-refractivity contribution in [2.45, 2.75) is 51.9 Å². The van der Waals surface area contributed by atoms with Crippen LogP contribution >= 0.6 is 11.3 Å². The van der Waals surface area contributed by atoms with Gasteiger partial charge in [-0.2, -0.15) is 0 Å². The number of amides is 2. The van der Waals surface area contributed by atoms with Gasteiger partial charge in [0.25, 0.3) is 5.91 Å². The highest BCUT2D eigenvalue weighted by Gasteiger charge is 2.18. The summed E-state index contributed by atoms with van der Waals surface area (Å²) in [4.78, 5) is 24.4. The molecule has 0 saturated heterocycles. The molecule has 1 saturated carbocycles. The average molecular weight is 294 g/mol. The standard InChI is InChI=1S/C15H22N2O2S/c1-2-11-9-12(14(16)19)15(20-11)17-13(18)8-7-10-5-3-4-6-10/h9-10H,2-8H2,1H3,(H2,16,19)(H,17,18). The van der Waals surface area contributed by atoms with Crippen molar-refractivity contribution in [3.63, 3.8) is 0 Å². The Morgan fingerprint density at radius 3 is 2.70 bits per heavy atom. The highest BCUT2D eigenvalue weighted by Crippen LogP contribution is 2.30. The van der Waals surface area contributed by atoms with Gasteiger partial charge in [0.1, 0.15) is 5.00 Å². The van der Waals surface area contributed by atoms with Crippen LogP contribution in [0.2, 0.25) is 0 Å². The second-order valence-corrected chi connectivity index (χ2v) is 6.55. The molecule has 1 heterocycles. The number of carbonyl (C=O) groups is 2. The molecule has 4 nitrogen and oxygen atoms in total. The lowest BCUT2D eigenvalue weighted by Gasteiger charge is -2.08. The molecule has 1 fully saturated rings. The summed E-state index contributed by atoms with van der Waals surface area (Å²) in [5.74, 6) is 0.210. The molecule has 0 spiro atoms. The zero-order valence-corrected chi connectivity index (χ0v) is 12.7. The Hall–Kier alpha value is -1.36. The monoisotopic (exact) mass is 294 g/mol. The van der Waals surface area contributed by atoms with Gasteiger partial charge in [0.2, 0.25) is 5.91 Å². The van der Waals surface area contributed by atoms with Crippen LogP contribution in [-0.2, 0) is 11.2 Å².